The number of rotatable bonds is 7. The van der Waals surface area contributed by atoms with Gasteiger partial charge in [0.15, 0.2) is 0 Å². The maximum atomic E-state index is 12.9. The van der Waals surface area contributed by atoms with Gasteiger partial charge >= 0.3 is 0 Å². The van der Waals surface area contributed by atoms with Crippen LogP contribution in [0.1, 0.15) is 36.6 Å². The summed E-state index contributed by atoms with van der Waals surface area (Å²) in [6, 6.07) is 11.9. The highest BCUT2D eigenvalue weighted by Gasteiger charge is 2.36. The Labute approximate surface area is 192 Å². The van der Waals surface area contributed by atoms with Crippen LogP contribution in [0.15, 0.2) is 42.5 Å². The zero-order valence-corrected chi connectivity index (χ0v) is 18.7. The number of nitrogens with zero attached hydrogens (tertiary/aromatic N) is 2. The van der Waals surface area contributed by atoms with E-state index >= 15 is 0 Å². The quantitative estimate of drug-likeness (QED) is 0.637. The summed E-state index contributed by atoms with van der Waals surface area (Å²) >= 11 is 0. The predicted octanol–water partition coefficient (Wildman–Crippen LogP) is 1.98. The molecule has 0 aliphatic carbocycles. The smallest absolute Gasteiger partial charge is 0.261 e. The van der Waals surface area contributed by atoms with Crippen molar-refractivity contribution in [3.8, 4) is 5.75 Å². The van der Waals surface area contributed by atoms with Gasteiger partial charge in [0, 0.05) is 31.7 Å². The molecule has 2 aliphatic rings. The number of amides is 3. The molecule has 32 heavy (non-hydrogen) atoms. The average Bonchev–Trinajstić information content (AvgIpc) is 3.04. The summed E-state index contributed by atoms with van der Waals surface area (Å²) in [5.74, 6) is -0.297. The minimum Gasteiger partial charge on any atom is -0.497 e. The zero-order chi connectivity index (χ0) is 21.8. The Hall–Kier alpha value is -2.94. The molecule has 2 aromatic rings. The van der Waals surface area contributed by atoms with Gasteiger partial charge in [-0.15, -0.1) is 12.4 Å². The molecule has 8 nitrogen and oxygen atoms in total. The van der Waals surface area contributed by atoms with Crippen LogP contribution in [0.5, 0.6) is 5.75 Å². The van der Waals surface area contributed by atoms with Crippen LogP contribution in [0.25, 0.3) is 0 Å². The van der Waals surface area contributed by atoms with Crippen molar-refractivity contribution < 1.29 is 23.9 Å². The summed E-state index contributed by atoms with van der Waals surface area (Å²) in [6.07, 6.45) is 0. The number of hydrogen-bond donors (Lipinski definition) is 1. The van der Waals surface area contributed by atoms with Crippen molar-refractivity contribution >= 4 is 30.1 Å². The fraction of sp³-hybridized carbons (Fsp3) is 0.348. The lowest BCUT2D eigenvalue weighted by Crippen LogP contribution is -2.41. The number of hydrogen-bond acceptors (Lipinski definition) is 6. The van der Waals surface area contributed by atoms with E-state index in [2.05, 4.69) is 10.2 Å². The largest absolute Gasteiger partial charge is 0.497 e. The highest BCUT2D eigenvalue weighted by molar-refractivity contribution is 6.22. The van der Waals surface area contributed by atoms with E-state index in [1.54, 1.807) is 31.4 Å². The molecule has 0 unspecified atom stereocenters. The SMILES string of the molecule is COc1ccc(CN2C(=O)c3ccc(C(=O)NCCN4CCOCC4)cc3C2=O)cc1.Cl. The lowest BCUT2D eigenvalue weighted by Gasteiger charge is -2.26. The highest BCUT2D eigenvalue weighted by Crippen LogP contribution is 2.26. The van der Waals surface area contributed by atoms with Crippen LogP contribution in [-0.2, 0) is 11.3 Å². The van der Waals surface area contributed by atoms with Crippen LogP contribution >= 0.6 is 12.4 Å². The van der Waals surface area contributed by atoms with Crippen molar-refractivity contribution in [3.63, 3.8) is 0 Å². The molecule has 170 valence electrons. The third-order valence-electron chi connectivity index (χ3n) is 5.55. The molecule has 2 heterocycles. The number of carbonyl (C=O) groups is 3. The number of ether oxygens (including phenoxy) is 2. The monoisotopic (exact) mass is 459 g/mol. The minimum absolute atomic E-state index is 0. The molecular formula is C23H26ClN3O5. The molecule has 0 aromatic heterocycles. The first-order valence-electron chi connectivity index (χ1n) is 10.3. The lowest BCUT2D eigenvalue weighted by atomic mass is 10.1. The van der Waals surface area contributed by atoms with Gasteiger partial charge in [0.2, 0.25) is 0 Å². The maximum Gasteiger partial charge on any atom is 0.261 e. The van der Waals surface area contributed by atoms with E-state index in [-0.39, 0.29) is 36.3 Å². The van der Waals surface area contributed by atoms with Crippen LogP contribution < -0.4 is 10.1 Å². The van der Waals surface area contributed by atoms with Gasteiger partial charge in [-0.05, 0) is 35.9 Å². The third-order valence-corrected chi connectivity index (χ3v) is 5.55. The van der Waals surface area contributed by atoms with E-state index < -0.39 is 5.91 Å². The number of nitrogens with one attached hydrogen (secondary N) is 1. The molecule has 0 saturated carbocycles. The minimum atomic E-state index is -0.390. The predicted molar refractivity (Wildman–Crippen MR) is 120 cm³/mol. The Bertz CT molecular complexity index is 990. The van der Waals surface area contributed by atoms with Gasteiger partial charge in [-0.1, -0.05) is 12.1 Å². The van der Waals surface area contributed by atoms with Crippen molar-refractivity contribution in [2.75, 3.05) is 46.5 Å². The molecule has 0 spiro atoms. The van der Waals surface area contributed by atoms with Gasteiger partial charge in [-0.2, -0.15) is 0 Å². The molecule has 0 bridgehead atoms. The van der Waals surface area contributed by atoms with Crippen LogP contribution in [0, 0.1) is 0 Å². The topological polar surface area (TPSA) is 88.2 Å². The van der Waals surface area contributed by atoms with Crippen molar-refractivity contribution in [1.29, 1.82) is 0 Å². The second kappa shape index (κ2) is 10.6. The van der Waals surface area contributed by atoms with E-state index in [1.807, 2.05) is 12.1 Å². The standard InChI is InChI=1S/C23H25N3O5.ClH/c1-30-18-5-2-16(3-6-18)15-26-22(28)19-7-4-17(14-20(19)23(26)29)21(27)24-8-9-25-10-12-31-13-11-25;/h2-7,14H,8-13,15H2,1H3,(H,24,27);1H. The highest BCUT2D eigenvalue weighted by atomic mass is 35.5. The van der Waals surface area contributed by atoms with Crippen LogP contribution in [0.4, 0.5) is 0 Å². The summed E-state index contributed by atoms with van der Waals surface area (Å²) in [4.78, 5) is 41.5. The van der Waals surface area contributed by atoms with E-state index in [1.165, 1.54) is 11.0 Å². The van der Waals surface area contributed by atoms with E-state index in [4.69, 9.17) is 9.47 Å². The van der Waals surface area contributed by atoms with Crippen LogP contribution in [0.2, 0.25) is 0 Å². The summed E-state index contributed by atoms with van der Waals surface area (Å²) in [5.41, 5.74) is 1.77. The Balaban J connectivity index is 0.00000289. The van der Waals surface area contributed by atoms with Gasteiger partial charge in [-0.3, -0.25) is 24.2 Å². The van der Waals surface area contributed by atoms with Gasteiger partial charge in [-0.25, -0.2) is 0 Å². The lowest BCUT2D eigenvalue weighted by molar-refractivity contribution is 0.0383. The Morgan fingerprint density at radius 2 is 1.72 bits per heavy atom. The number of methoxy groups -OCH3 is 1. The first-order valence-corrected chi connectivity index (χ1v) is 10.3. The number of benzene rings is 2. The summed E-state index contributed by atoms with van der Waals surface area (Å²) in [6.45, 7) is 4.55. The number of halogens is 1. The van der Waals surface area contributed by atoms with E-state index in [0.717, 1.165) is 25.2 Å². The number of fused-ring (bicyclic) bond motifs is 1. The first-order chi connectivity index (χ1) is 15.1. The fourth-order valence-electron chi connectivity index (χ4n) is 3.74. The molecule has 1 N–H and O–H groups in total. The molecule has 0 atom stereocenters. The second-order valence-corrected chi connectivity index (χ2v) is 7.51. The summed E-state index contributed by atoms with van der Waals surface area (Å²) in [7, 11) is 1.58. The first kappa shape index (κ1) is 23.7. The molecule has 9 heteroatoms. The molecule has 3 amide bonds. The van der Waals surface area contributed by atoms with Gasteiger partial charge in [0.25, 0.3) is 17.7 Å². The van der Waals surface area contributed by atoms with Gasteiger partial charge in [0.05, 0.1) is 38.0 Å². The summed E-state index contributed by atoms with van der Waals surface area (Å²) < 4.78 is 10.5. The van der Waals surface area contributed by atoms with E-state index in [9.17, 15) is 14.4 Å². The van der Waals surface area contributed by atoms with Gasteiger partial charge in [0.1, 0.15) is 5.75 Å². The fourth-order valence-corrected chi connectivity index (χ4v) is 3.74. The molecule has 1 saturated heterocycles. The third kappa shape index (κ3) is 5.09. The maximum absolute atomic E-state index is 12.9. The molecule has 1 fully saturated rings. The van der Waals surface area contributed by atoms with E-state index in [0.29, 0.717) is 36.6 Å². The second-order valence-electron chi connectivity index (χ2n) is 7.51. The van der Waals surface area contributed by atoms with Gasteiger partial charge < -0.3 is 14.8 Å². The summed E-state index contributed by atoms with van der Waals surface area (Å²) in [5, 5.41) is 2.88. The van der Waals surface area contributed by atoms with Crippen molar-refractivity contribution in [2.45, 2.75) is 6.54 Å². The molecule has 0 radical (unpaired) electrons. The van der Waals surface area contributed by atoms with Crippen molar-refractivity contribution in [1.82, 2.24) is 15.1 Å². The van der Waals surface area contributed by atoms with Crippen molar-refractivity contribution in [2.24, 2.45) is 0 Å². The van der Waals surface area contributed by atoms with Crippen LogP contribution in [-0.4, -0.2) is 74.0 Å². The number of imide groups is 1. The number of morpholine rings is 1. The zero-order valence-electron chi connectivity index (χ0n) is 17.8. The Morgan fingerprint density at radius 3 is 2.41 bits per heavy atom. The van der Waals surface area contributed by atoms with Crippen molar-refractivity contribution in [3.05, 3.63) is 64.7 Å². The number of carbonyl (C=O) groups excluding carboxylic acids is 3. The molecule has 4 rings (SSSR count). The Morgan fingerprint density at radius 1 is 1.03 bits per heavy atom. The molecular weight excluding hydrogens is 434 g/mol. The average molecular weight is 460 g/mol. The van der Waals surface area contributed by atoms with Crippen LogP contribution in [0.3, 0.4) is 0 Å². The molecule has 2 aromatic carbocycles. The Kier molecular flexibility index (Phi) is 7.84. The normalized spacial score (nSPS) is 15.8. The molecule has 2 aliphatic heterocycles.